The van der Waals surface area contributed by atoms with Crippen LogP contribution in [0.15, 0.2) is 36.8 Å². The third kappa shape index (κ3) is 5.68. The molecular weight excluding hydrogens is 545 g/mol. The second kappa shape index (κ2) is 11.0. The van der Waals surface area contributed by atoms with Crippen LogP contribution in [-0.2, 0) is 4.74 Å². The largest absolute Gasteiger partial charge is 0.480 e. The molecule has 15 heteroatoms. The molecule has 0 fully saturated rings. The minimum atomic E-state index is -1.30. The van der Waals surface area contributed by atoms with Gasteiger partial charge in [-0.3, -0.25) is 5.32 Å². The van der Waals surface area contributed by atoms with E-state index in [-0.39, 0.29) is 18.2 Å². The van der Waals surface area contributed by atoms with Crippen molar-refractivity contribution in [3.63, 3.8) is 0 Å². The summed E-state index contributed by atoms with van der Waals surface area (Å²) >= 11 is 1.24. The Bertz CT molecular complexity index is 1750. The maximum Gasteiger partial charge on any atom is 0.412 e. The zero-order chi connectivity index (χ0) is 28.4. The van der Waals surface area contributed by atoms with Gasteiger partial charge in [0.05, 0.1) is 42.4 Å². The molecule has 0 aliphatic rings. The average molecular weight is 566 g/mol. The number of anilines is 1. The van der Waals surface area contributed by atoms with Gasteiger partial charge in [-0.25, -0.2) is 38.9 Å². The van der Waals surface area contributed by atoms with Crippen molar-refractivity contribution in [3.8, 4) is 22.3 Å². The van der Waals surface area contributed by atoms with Gasteiger partial charge in [-0.05, 0) is 31.5 Å². The van der Waals surface area contributed by atoms with Crippen molar-refractivity contribution in [1.82, 2.24) is 29.9 Å². The minimum Gasteiger partial charge on any atom is -0.480 e. The fourth-order valence-corrected chi connectivity index (χ4v) is 4.54. The predicted octanol–water partition coefficient (Wildman–Crippen LogP) is 4.26. The Hall–Kier alpha value is -5.05. The van der Waals surface area contributed by atoms with E-state index in [0.29, 0.717) is 32.3 Å². The molecule has 5 aromatic rings. The molecule has 0 saturated heterocycles. The van der Waals surface area contributed by atoms with Crippen LogP contribution in [-0.4, -0.2) is 66.9 Å². The van der Waals surface area contributed by atoms with Crippen molar-refractivity contribution in [3.05, 3.63) is 54.0 Å². The molecule has 1 amide bonds. The molecule has 4 aromatic heterocycles. The first-order chi connectivity index (χ1) is 19.2. The number of hydrogen-bond acceptors (Lipinski definition) is 12. The molecule has 5 rings (SSSR count). The van der Waals surface area contributed by atoms with Gasteiger partial charge in [0.25, 0.3) is 5.88 Å². The van der Waals surface area contributed by atoms with E-state index in [4.69, 9.17) is 19.3 Å². The number of fused-ring (bicyclic) bond motifs is 2. The standard InChI is InChI=1S/C25H20FN7O6S/c1-11-4-14(19-16(5-11)31-18(37-3)9-27-19)22-32-17-6-15(26)21(33-23(17)40-22)38-10-12(2)39-25(36)30-13-7-28-20(24(34)35)29-8-13/h4-9,12H,10H2,1-3H3,(H,30,36)(H,34,35). The quantitative estimate of drug-likeness (QED) is 0.274. The van der Waals surface area contributed by atoms with Crippen LogP contribution in [0.4, 0.5) is 14.9 Å². The van der Waals surface area contributed by atoms with E-state index in [1.165, 1.54) is 30.7 Å². The van der Waals surface area contributed by atoms with Crippen molar-refractivity contribution in [2.24, 2.45) is 0 Å². The number of hydrogen-bond donors (Lipinski definition) is 2. The molecule has 0 aliphatic carbocycles. The monoisotopic (exact) mass is 565 g/mol. The molecule has 0 bridgehead atoms. The Kier molecular flexibility index (Phi) is 7.29. The lowest BCUT2D eigenvalue weighted by Gasteiger charge is -2.14. The molecule has 0 spiro atoms. The van der Waals surface area contributed by atoms with Gasteiger partial charge in [-0.1, -0.05) is 11.3 Å². The summed E-state index contributed by atoms with van der Waals surface area (Å²) < 4.78 is 30.6. The van der Waals surface area contributed by atoms with Gasteiger partial charge in [-0.15, -0.1) is 0 Å². The average Bonchev–Trinajstić information content (AvgIpc) is 3.33. The summed E-state index contributed by atoms with van der Waals surface area (Å²) in [4.78, 5) is 48.3. The molecule has 40 heavy (non-hydrogen) atoms. The lowest BCUT2D eigenvalue weighted by Crippen LogP contribution is -2.25. The lowest BCUT2D eigenvalue weighted by atomic mass is 10.1. The number of carboxylic acids is 1. The number of benzene rings is 1. The van der Waals surface area contributed by atoms with E-state index in [1.54, 1.807) is 6.92 Å². The van der Waals surface area contributed by atoms with Crippen molar-refractivity contribution >= 4 is 50.5 Å². The number of ether oxygens (including phenoxy) is 3. The van der Waals surface area contributed by atoms with Crippen LogP contribution in [0.2, 0.25) is 0 Å². The first-order valence-corrected chi connectivity index (χ1v) is 12.5. The summed E-state index contributed by atoms with van der Waals surface area (Å²) in [5.74, 6) is -2.32. The van der Waals surface area contributed by atoms with Crippen LogP contribution in [0.1, 0.15) is 23.1 Å². The van der Waals surface area contributed by atoms with E-state index < -0.39 is 29.8 Å². The number of pyridine rings is 1. The highest BCUT2D eigenvalue weighted by Gasteiger charge is 2.18. The summed E-state index contributed by atoms with van der Waals surface area (Å²) in [5, 5.41) is 11.8. The number of carbonyl (C=O) groups is 2. The first kappa shape index (κ1) is 26.6. The van der Waals surface area contributed by atoms with E-state index in [9.17, 15) is 14.0 Å². The summed E-state index contributed by atoms with van der Waals surface area (Å²) in [5.41, 5.74) is 3.41. The topological polar surface area (TPSA) is 171 Å². The number of aromatic nitrogens is 6. The van der Waals surface area contributed by atoms with Crippen LogP contribution >= 0.6 is 11.3 Å². The number of nitrogens with one attached hydrogen (secondary N) is 1. The number of methoxy groups -OCH3 is 1. The zero-order valence-electron chi connectivity index (χ0n) is 21.2. The Morgan fingerprint density at radius 2 is 1.85 bits per heavy atom. The van der Waals surface area contributed by atoms with Crippen molar-refractivity contribution in [2.75, 3.05) is 19.0 Å². The highest BCUT2D eigenvalue weighted by atomic mass is 32.1. The molecule has 13 nitrogen and oxygen atoms in total. The third-order valence-corrected chi connectivity index (χ3v) is 6.36. The maximum atomic E-state index is 14.8. The molecule has 0 saturated carbocycles. The highest BCUT2D eigenvalue weighted by molar-refractivity contribution is 7.21. The molecule has 0 aliphatic heterocycles. The van der Waals surface area contributed by atoms with Gasteiger partial charge in [0.1, 0.15) is 28.1 Å². The fraction of sp³-hybridized carbons (Fsp3) is 0.200. The second-order valence-electron chi connectivity index (χ2n) is 8.46. The number of aryl methyl sites for hydroxylation is 1. The van der Waals surface area contributed by atoms with Crippen molar-refractivity contribution in [2.45, 2.75) is 20.0 Å². The number of halogens is 1. The van der Waals surface area contributed by atoms with Gasteiger partial charge in [0, 0.05) is 11.6 Å². The number of rotatable bonds is 8. The predicted molar refractivity (Wildman–Crippen MR) is 141 cm³/mol. The summed E-state index contributed by atoms with van der Waals surface area (Å²) in [6.07, 6.45) is 2.12. The van der Waals surface area contributed by atoms with Crippen LogP contribution in [0, 0.1) is 12.7 Å². The minimum absolute atomic E-state index is 0.133. The third-order valence-electron chi connectivity index (χ3n) is 5.37. The summed E-state index contributed by atoms with van der Waals surface area (Å²) in [7, 11) is 1.52. The highest BCUT2D eigenvalue weighted by Crippen LogP contribution is 2.35. The fourth-order valence-electron chi connectivity index (χ4n) is 3.61. The number of amides is 1. The number of nitrogens with zero attached hydrogens (tertiary/aromatic N) is 6. The van der Waals surface area contributed by atoms with E-state index >= 15 is 0 Å². The molecule has 2 N–H and O–H groups in total. The van der Waals surface area contributed by atoms with Gasteiger partial charge >= 0.3 is 12.1 Å². The molecule has 1 aromatic carbocycles. The molecule has 4 heterocycles. The van der Waals surface area contributed by atoms with Crippen molar-refractivity contribution in [1.29, 1.82) is 0 Å². The van der Waals surface area contributed by atoms with E-state index in [1.807, 2.05) is 19.1 Å². The summed E-state index contributed by atoms with van der Waals surface area (Å²) in [6.45, 7) is 3.28. The maximum absolute atomic E-state index is 14.8. The Morgan fingerprint density at radius 3 is 2.58 bits per heavy atom. The summed E-state index contributed by atoms with van der Waals surface area (Å²) in [6, 6.07) is 5.03. The second-order valence-corrected chi connectivity index (χ2v) is 9.44. The Morgan fingerprint density at radius 1 is 1.07 bits per heavy atom. The molecule has 1 atom stereocenters. The first-order valence-electron chi connectivity index (χ1n) is 11.6. The van der Waals surface area contributed by atoms with Gasteiger partial charge in [0.15, 0.2) is 5.82 Å². The van der Waals surface area contributed by atoms with Gasteiger partial charge in [0.2, 0.25) is 11.7 Å². The lowest BCUT2D eigenvalue weighted by molar-refractivity contribution is 0.0683. The number of carboxylic acid groups (broad SMARTS) is 1. The van der Waals surface area contributed by atoms with Gasteiger partial charge in [-0.2, -0.15) is 4.98 Å². The van der Waals surface area contributed by atoms with Crippen LogP contribution in [0.25, 0.3) is 32.0 Å². The zero-order valence-corrected chi connectivity index (χ0v) is 22.0. The molecule has 204 valence electrons. The van der Waals surface area contributed by atoms with Crippen LogP contribution < -0.4 is 14.8 Å². The SMILES string of the molecule is COc1cnc2c(-c3nc4cc(F)c(OCC(C)OC(=O)Nc5cnc(C(=O)O)nc5)nc4s3)cc(C)cc2n1. The molecule has 1 unspecified atom stereocenters. The van der Waals surface area contributed by atoms with Crippen LogP contribution in [0.3, 0.4) is 0 Å². The Labute approximate surface area is 229 Å². The normalized spacial score (nSPS) is 11.8. The van der Waals surface area contributed by atoms with Crippen molar-refractivity contribution < 1.29 is 33.3 Å². The number of thiazole rings is 1. The Balaban J connectivity index is 1.28. The van der Waals surface area contributed by atoms with E-state index in [2.05, 4.69) is 35.2 Å². The smallest absolute Gasteiger partial charge is 0.412 e. The number of carbonyl (C=O) groups excluding carboxylic acids is 1. The number of aromatic carboxylic acids is 1. The van der Waals surface area contributed by atoms with Gasteiger partial charge < -0.3 is 19.3 Å². The van der Waals surface area contributed by atoms with E-state index in [0.717, 1.165) is 23.5 Å². The molecular formula is C25H20FN7O6S. The molecule has 0 radical (unpaired) electrons. The van der Waals surface area contributed by atoms with Crippen LogP contribution in [0.5, 0.6) is 11.8 Å².